The standard InChI is InChI=1S/C19H22O3/c1-10-7-12(20)8-11-3-4-13-14-5-6-16(22)19(14,2)9-15(21)18(13)17(10)11/h7-8,13-14,18,20H,3-6,9H2,1-2H3. The van der Waals surface area contributed by atoms with Crippen molar-refractivity contribution in [3.63, 3.8) is 0 Å². The molecule has 1 N–H and O–H groups in total. The summed E-state index contributed by atoms with van der Waals surface area (Å²) in [5.41, 5.74) is 2.87. The van der Waals surface area contributed by atoms with Gasteiger partial charge in [0.15, 0.2) is 0 Å². The highest BCUT2D eigenvalue weighted by Gasteiger charge is 2.57. The number of fused-ring (bicyclic) bond motifs is 5. The van der Waals surface area contributed by atoms with Crippen LogP contribution in [0.25, 0.3) is 0 Å². The van der Waals surface area contributed by atoms with E-state index in [-0.39, 0.29) is 17.5 Å². The Morgan fingerprint density at radius 1 is 1.18 bits per heavy atom. The summed E-state index contributed by atoms with van der Waals surface area (Å²) in [5, 5.41) is 9.83. The molecule has 3 aliphatic rings. The molecule has 0 radical (unpaired) electrons. The highest BCUT2D eigenvalue weighted by molar-refractivity contribution is 5.97. The molecule has 0 aliphatic heterocycles. The van der Waals surface area contributed by atoms with Crippen LogP contribution in [-0.4, -0.2) is 16.7 Å². The molecule has 2 saturated carbocycles. The molecule has 0 aromatic heterocycles. The third-order valence-electron chi connectivity index (χ3n) is 6.49. The molecule has 0 spiro atoms. The van der Waals surface area contributed by atoms with E-state index in [0.29, 0.717) is 30.4 Å². The van der Waals surface area contributed by atoms with Crippen LogP contribution in [0.15, 0.2) is 12.1 Å². The number of carbonyl (C=O) groups excluding carboxylic acids is 2. The van der Waals surface area contributed by atoms with Crippen LogP contribution in [-0.2, 0) is 16.0 Å². The summed E-state index contributed by atoms with van der Waals surface area (Å²) in [6, 6.07) is 3.58. The number of phenolic OH excluding ortho intramolecular Hbond substituents is 1. The molecule has 22 heavy (non-hydrogen) atoms. The van der Waals surface area contributed by atoms with E-state index in [1.54, 1.807) is 6.07 Å². The number of ketones is 2. The second-order valence-corrected chi connectivity index (χ2v) is 7.64. The lowest BCUT2D eigenvalue weighted by Crippen LogP contribution is -2.47. The summed E-state index contributed by atoms with van der Waals surface area (Å²) >= 11 is 0. The van der Waals surface area contributed by atoms with Gasteiger partial charge in [0.1, 0.15) is 17.3 Å². The Kier molecular flexibility index (Phi) is 2.82. The predicted molar refractivity (Wildman–Crippen MR) is 82.9 cm³/mol. The smallest absolute Gasteiger partial charge is 0.141 e. The Morgan fingerprint density at radius 3 is 2.73 bits per heavy atom. The molecular formula is C19H22O3. The molecule has 4 atom stereocenters. The summed E-state index contributed by atoms with van der Waals surface area (Å²) in [5.74, 6) is 1.40. The van der Waals surface area contributed by atoms with Crippen molar-refractivity contribution < 1.29 is 14.7 Å². The van der Waals surface area contributed by atoms with Gasteiger partial charge in [-0.2, -0.15) is 0 Å². The number of benzene rings is 1. The average Bonchev–Trinajstić information content (AvgIpc) is 2.74. The number of hydrogen-bond donors (Lipinski definition) is 1. The maximum absolute atomic E-state index is 12.9. The minimum absolute atomic E-state index is 0.0617. The zero-order valence-electron chi connectivity index (χ0n) is 13.2. The summed E-state index contributed by atoms with van der Waals surface area (Å²) in [6.45, 7) is 4.00. The highest BCUT2D eigenvalue weighted by Crippen LogP contribution is 2.58. The zero-order chi connectivity index (χ0) is 15.6. The number of Topliss-reactive ketones (excluding diaryl/α,β-unsaturated/α-hetero) is 2. The van der Waals surface area contributed by atoms with Gasteiger partial charge >= 0.3 is 0 Å². The zero-order valence-corrected chi connectivity index (χ0v) is 13.2. The molecule has 1 aromatic rings. The highest BCUT2D eigenvalue weighted by atomic mass is 16.3. The lowest BCUT2D eigenvalue weighted by molar-refractivity contribution is -0.139. The third kappa shape index (κ3) is 1.68. The van der Waals surface area contributed by atoms with Crippen molar-refractivity contribution in [3.8, 4) is 5.75 Å². The first-order valence-corrected chi connectivity index (χ1v) is 8.30. The van der Waals surface area contributed by atoms with E-state index in [2.05, 4.69) is 0 Å². The lowest BCUT2D eigenvalue weighted by Gasteiger charge is -2.47. The Morgan fingerprint density at radius 2 is 1.95 bits per heavy atom. The quantitative estimate of drug-likeness (QED) is 0.799. The van der Waals surface area contributed by atoms with Crippen LogP contribution in [0.2, 0.25) is 0 Å². The van der Waals surface area contributed by atoms with Crippen LogP contribution in [0.5, 0.6) is 5.75 Å². The largest absolute Gasteiger partial charge is 0.508 e. The monoisotopic (exact) mass is 298 g/mol. The number of aromatic hydroxyl groups is 1. The summed E-state index contributed by atoms with van der Waals surface area (Å²) in [4.78, 5) is 25.2. The van der Waals surface area contributed by atoms with Crippen molar-refractivity contribution in [1.29, 1.82) is 0 Å². The SMILES string of the molecule is Cc1cc(O)cc2c1C1C(=O)CC3(C)C(=O)CCC3C1CC2. The van der Waals surface area contributed by atoms with E-state index >= 15 is 0 Å². The lowest BCUT2D eigenvalue weighted by atomic mass is 9.55. The second-order valence-electron chi connectivity index (χ2n) is 7.64. The van der Waals surface area contributed by atoms with E-state index < -0.39 is 5.41 Å². The van der Waals surface area contributed by atoms with Crippen molar-refractivity contribution in [1.82, 2.24) is 0 Å². The molecule has 0 saturated heterocycles. The van der Waals surface area contributed by atoms with Gasteiger partial charge in [0.05, 0.1) is 0 Å². The van der Waals surface area contributed by atoms with Gasteiger partial charge in [-0.25, -0.2) is 0 Å². The van der Waals surface area contributed by atoms with E-state index in [4.69, 9.17) is 0 Å². The first-order chi connectivity index (χ1) is 10.4. The normalized spacial score (nSPS) is 36.7. The Hall–Kier alpha value is -1.64. The Labute approximate surface area is 130 Å². The molecule has 0 heterocycles. The fraction of sp³-hybridized carbons (Fsp3) is 0.579. The van der Waals surface area contributed by atoms with E-state index in [9.17, 15) is 14.7 Å². The minimum atomic E-state index is -0.416. The van der Waals surface area contributed by atoms with Crippen molar-refractivity contribution >= 4 is 11.6 Å². The fourth-order valence-electron chi connectivity index (χ4n) is 5.52. The molecule has 3 nitrogen and oxygen atoms in total. The van der Waals surface area contributed by atoms with E-state index in [0.717, 1.165) is 36.0 Å². The van der Waals surface area contributed by atoms with Gasteiger partial charge in [0.2, 0.25) is 0 Å². The molecule has 3 aliphatic carbocycles. The number of aryl methyl sites for hydroxylation is 2. The van der Waals surface area contributed by atoms with Crippen molar-refractivity contribution in [2.45, 2.75) is 51.9 Å². The molecule has 2 fully saturated rings. The van der Waals surface area contributed by atoms with Crippen LogP contribution in [0.3, 0.4) is 0 Å². The first kappa shape index (κ1) is 14.0. The first-order valence-electron chi connectivity index (χ1n) is 8.30. The molecule has 0 amide bonds. The fourth-order valence-corrected chi connectivity index (χ4v) is 5.52. The van der Waals surface area contributed by atoms with Crippen LogP contribution in [0.4, 0.5) is 0 Å². The minimum Gasteiger partial charge on any atom is -0.508 e. The van der Waals surface area contributed by atoms with Crippen LogP contribution in [0.1, 0.15) is 55.2 Å². The third-order valence-corrected chi connectivity index (χ3v) is 6.49. The van der Waals surface area contributed by atoms with E-state index in [1.807, 2.05) is 19.9 Å². The number of rotatable bonds is 0. The average molecular weight is 298 g/mol. The summed E-state index contributed by atoms with van der Waals surface area (Å²) in [6.07, 6.45) is 3.84. The number of phenols is 1. The topological polar surface area (TPSA) is 54.4 Å². The van der Waals surface area contributed by atoms with Crippen LogP contribution >= 0.6 is 0 Å². The Balaban J connectivity index is 1.84. The summed E-state index contributed by atoms with van der Waals surface area (Å²) < 4.78 is 0. The maximum Gasteiger partial charge on any atom is 0.141 e. The number of hydrogen-bond acceptors (Lipinski definition) is 3. The van der Waals surface area contributed by atoms with Gasteiger partial charge in [-0.1, -0.05) is 6.92 Å². The van der Waals surface area contributed by atoms with Gasteiger partial charge in [-0.3, -0.25) is 9.59 Å². The molecule has 4 rings (SSSR count). The van der Waals surface area contributed by atoms with Crippen LogP contribution < -0.4 is 0 Å². The van der Waals surface area contributed by atoms with Crippen molar-refractivity contribution in [3.05, 3.63) is 28.8 Å². The summed E-state index contributed by atoms with van der Waals surface area (Å²) in [7, 11) is 0. The van der Waals surface area contributed by atoms with Gasteiger partial charge in [-0.05, 0) is 66.8 Å². The maximum atomic E-state index is 12.9. The predicted octanol–water partition coefficient (Wildman–Crippen LogP) is 3.30. The molecule has 4 unspecified atom stereocenters. The number of carbonyl (C=O) groups is 2. The molecule has 3 heteroatoms. The van der Waals surface area contributed by atoms with E-state index in [1.165, 1.54) is 0 Å². The van der Waals surface area contributed by atoms with Crippen LogP contribution in [0, 0.1) is 24.2 Å². The molecular weight excluding hydrogens is 276 g/mol. The molecule has 0 bridgehead atoms. The molecule has 1 aromatic carbocycles. The van der Waals surface area contributed by atoms with Gasteiger partial charge in [-0.15, -0.1) is 0 Å². The van der Waals surface area contributed by atoms with Gasteiger partial charge in [0, 0.05) is 24.2 Å². The Bertz CT molecular complexity index is 690. The van der Waals surface area contributed by atoms with Gasteiger partial charge < -0.3 is 5.11 Å². The molecule has 116 valence electrons. The van der Waals surface area contributed by atoms with Gasteiger partial charge in [0.25, 0.3) is 0 Å². The van der Waals surface area contributed by atoms with Crippen molar-refractivity contribution in [2.24, 2.45) is 17.3 Å². The van der Waals surface area contributed by atoms with Crippen molar-refractivity contribution in [2.75, 3.05) is 0 Å². The second kappa shape index (κ2) is 4.43.